The molecule has 1 rings (SSSR count). The quantitative estimate of drug-likeness (QED) is 0.756. The van der Waals surface area contributed by atoms with Gasteiger partial charge in [-0.25, -0.2) is 4.98 Å². The number of carbonyl (C=O) groups is 1. The molecule has 3 nitrogen and oxygen atoms in total. The van der Waals surface area contributed by atoms with E-state index in [0.717, 1.165) is 22.0 Å². The van der Waals surface area contributed by atoms with Gasteiger partial charge in [-0.05, 0) is 13.3 Å². The zero-order valence-electron chi connectivity index (χ0n) is 8.13. The Hall–Kier alpha value is -0.740. The van der Waals surface area contributed by atoms with Gasteiger partial charge in [0.1, 0.15) is 5.01 Å². The Labute approximate surface area is 82.0 Å². The number of aryl methyl sites for hydroxylation is 1. The van der Waals surface area contributed by atoms with Crippen LogP contribution >= 0.6 is 11.3 Å². The summed E-state index contributed by atoms with van der Waals surface area (Å²) in [6.07, 6.45) is 0.851. The van der Waals surface area contributed by atoms with Crippen molar-refractivity contribution in [3.63, 3.8) is 0 Å². The van der Waals surface area contributed by atoms with Gasteiger partial charge in [0, 0.05) is 6.92 Å². The fourth-order valence-corrected chi connectivity index (χ4v) is 2.12. The van der Waals surface area contributed by atoms with Gasteiger partial charge < -0.3 is 5.73 Å². The van der Waals surface area contributed by atoms with Gasteiger partial charge in [0.25, 0.3) is 0 Å². The van der Waals surface area contributed by atoms with Crippen molar-refractivity contribution in [3.05, 3.63) is 15.6 Å². The highest BCUT2D eigenvalue weighted by atomic mass is 32.1. The van der Waals surface area contributed by atoms with Gasteiger partial charge in [0.2, 0.25) is 0 Å². The van der Waals surface area contributed by atoms with E-state index in [1.54, 1.807) is 6.92 Å². The van der Waals surface area contributed by atoms with E-state index in [0.29, 0.717) is 0 Å². The Morgan fingerprint density at radius 3 is 2.69 bits per heavy atom. The Morgan fingerprint density at radius 1 is 1.69 bits per heavy atom. The highest BCUT2D eigenvalue weighted by Crippen LogP contribution is 2.24. The Balaban J connectivity index is 3.01. The smallest absolute Gasteiger partial charge is 0.171 e. The zero-order chi connectivity index (χ0) is 10.0. The van der Waals surface area contributed by atoms with Crippen molar-refractivity contribution >= 4 is 17.1 Å². The molecular weight excluding hydrogens is 184 g/mol. The molecule has 1 aromatic rings. The van der Waals surface area contributed by atoms with Gasteiger partial charge in [-0.3, -0.25) is 4.79 Å². The minimum atomic E-state index is -0.0307. The Kier molecular flexibility index (Phi) is 3.17. The normalized spacial score (nSPS) is 12.9. The molecule has 0 aliphatic carbocycles. The predicted molar refractivity (Wildman–Crippen MR) is 54.1 cm³/mol. The molecule has 4 heteroatoms. The van der Waals surface area contributed by atoms with Gasteiger partial charge in [0.15, 0.2) is 5.78 Å². The molecule has 0 fully saturated rings. The first-order chi connectivity index (χ1) is 6.06. The number of hydrogen-bond donors (Lipinski definition) is 1. The second-order valence-electron chi connectivity index (χ2n) is 3.04. The second-order valence-corrected chi connectivity index (χ2v) is 4.07. The number of rotatable bonds is 3. The number of nitrogens with zero attached hydrogens (tertiary/aromatic N) is 1. The maximum atomic E-state index is 11.1. The SMILES string of the molecule is CCC(N)c1nc(C)c(C(C)=O)s1. The molecule has 1 unspecified atom stereocenters. The second kappa shape index (κ2) is 3.98. The summed E-state index contributed by atoms with van der Waals surface area (Å²) >= 11 is 1.41. The summed E-state index contributed by atoms with van der Waals surface area (Å²) in [6, 6.07) is -0.0307. The van der Waals surface area contributed by atoms with Gasteiger partial charge in [0.05, 0.1) is 16.6 Å². The molecule has 0 aliphatic heterocycles. The van der Waals surface area contributed by atoms with Crippen LogP contribution in [0.1, 0.15) is 46.7 Å². The van der Waals surface area contributed by atoms with Crippen LogP contribution in [0.5, 0.6) is 0 Å². The van der Waals surface area contributed by atoms with E-state index in [2.05, 4.69) is 4.98 Å². The van der Waals surface area contributed by atoms with E-state index in [1.165, 1.54) is 11.3 Å². The van der Waals surface area contributed by atoms with Crippen molar-refractivity contribution < 1.29 is 4.79 Å². The fourth-order valence-electron chi connectivity index (χ4n) is 1.08. The molecule has 2 N–H and O–H groups in total. The minimum absolute atomic E-state index is 0.0307. The molecule has 0 bridgehead atoms. The standard InChI is InChI=1S/C9H14N2OS/c1-4-7(10)9-11-5(2)8(13-9)6(3)12/h7H,4,10H2,1-3H3. The highest BCUT2D eigenvalue weighted by Gasteiger charge is 2.14. The van der Waals surface area contributed by atoms with Crippen LogP contribution in [0.3, 0.4) is 0 Å². The predicted octanol–water partition coefficient (Wildman–Crippen LogP) is 2.06. The van der Waals surface area contributed by atoms with Gasteiger partial charge in [-0.2, -0.15) is 0 Å². The van der Waals surface area contributed by atoms with Crippen LogP contribution < -0.4 is 5.73 Å². The molecule has 1 heterocycles. The van der Waals surface area contributed by atoms with Crippen molar-refractivity contribution in [1.82, 2.24) is 4.98 Å². The van der Waals surface area contributed by atoms with E-state index in [1.807, 2.05) is 13.8 Å². The van der Waals surface area contributed by atoms with Crippen LogP contribution in [-0.2, 0) is 0 Å². The summed E-state index contributed by atoms with van der Waals surface area (Å²) in [6.45, 7) is 5.41. The van der Waals surface area contributed by atoms with Gasteiger partial charge in [-0.15, -0.1) is 11.3 Å². The summed E-state index contributed by atoms with van der Waals surface area (Å²) < 4.78 is 0. The van der Waals surface area contributed by atoms with E-state index in [-0.39, 0.29) is 11.8 Å². The van der Waals surface area contributed by atoms with Crippen LogP contribution in [0, 0.1) is 6.92 Å². The molecule has 1 aromatic heterocycles. The average molecular weight is 198 g/mol. The van der Waals surface area contributed by atoms with Crippen molar-refractivity contribution in [3.8, 4) is 0 Å². The van der Waals surface area contributed by atoms with E-state index in [4.69, 9.17) is 5.73 Å². The molecule has 0 aliphatic rings. The number of aromatic nitrogens is 1. The summed E-state index contributed by atoms with van der Waals surface area (Å²) in [5.41, 5.74) is 6.62. The first-order valence-corrected chi connectivity index (χ1v) is 5.11. The lowest BCUT2D eigenvalue weighted by Gasteiger charge is -2.01. The van der Waals surface area contributed by atoms with Crippen molar-refractivity contribution in [2.75, 3.05) is 0 Å². The van der Waals surface area contributed by atoms with E-state index < -0.39 is 0 Å². The minimum Gasteiger partial charge on any atom is -0.322 e. The molecule has 0 aromatic carbocycles. The third kappa shape index (κ3) is 2.14. The van der Waals surface area contributed by atoms with Crippen LogP contribution in [0.15, 0.2) is 0 Å². The Bertz CT molecular complexity index is 319. The topological polar surface area (TPSA) is 56.0 Å². The third-order valence-electron chi connectivity index (χ3n) is 1.89. The van der Waals surface area contributed by atoms with Crippen molar-refractivity contribution in [2.24, 2.45) is 5.73 Å². The van der Waals surface area contributed by atoms with Gasteiger partial charge in [-0.1, -0.05) is 6.92 Å². The van der Waals surface area contributed by atoms with Gasteiger partial charge >= 0.3 is 0 Å². The molecule has 0 saturated carbocycles. The van der Waals surface area contributed by atoms with Crippen molar-refractivity contribution in [2.45, 2.75) is 33.2 Å². The summed E-state index contributed by atoms with van der Waals surface area (Å²) in [7, 11) is 0. The van der Waals surface area contributed by atoms with Crippen molar-refractivity contribution in [1.29, 1.82) is 0 Å². The molecule has 72 valence electrons. The summed E-state index contributed by atoms with van der Waals surface area (Å²) in [5, 5.41) is 0.866. The molecule has 0 saturated heterocycles. The van der Waals surface area contributed by atoms with Crippen LogP contribution in [-0.4, -0.2) is 10.8 Å². The first-order valence-electron chi connectivity index (χ1n) is 4.30. The molecular formula is C9H14N2OS. The number of thiazole rings is 1. The molecule has 0 radical (unpaired) electrons. The van der Waals surface area contributed by atoms with Crippen LogP contribution in [0.4, 0.5) is 0 Å². The summed E-state index contributed by atoms with van der Waals surface area (Å²) in [5.74, 6) is 0.0737. The highest BCUT2D eigenvalue weighted by molar-refractivity contribution is 7.13. The lowest BCUT2D eigenvalue weighted by atomic mass is 10.2. The average Bonchev–Trinajstić information content (AvgIpc) is 2.46. The molecule has 1 atom stereocenters. The van der Waals surface area contributed by atoms with E-state index in [9.17, 15) is 4.79 Å². The lowest BCUT2D eigenvalue weighted by Crippen LogP contribution is -2.07. The Morgan fingerprint density at radius 2 is 2.31 bits per heavy atom. The third-order valence-corrected chi connectivity index (χ3v) is 3.28. The fraction of sp³-hybridized carbons (Fsp3) is 0.556. The number of hydrogen-bond acceptors (Lipinski definition) is 4. The monoisotopic (exact) mass is 198 g/mol. The maximum absolute atomic E-state index is 11.1. The lowest BCUT2D eigenvalue weighted by molar-refractivity contribution is 0.102. The zero-order valence-corrected chi connectivity index (χ0v) is 8.94. The maximum Gasteiger partial charge on any atom is 0.171 e. The number of Topliss-reactive ketones (excluding diaryl/α,β-unsaturated/α-hetero) is 1. The van der Waals surface area contributed by atoms with E-state index >= 15 is 0 Å². The van der Waals surface area contributed by atoms with Crippen LogP contribution in [0.25, 0.3) is 0 Å². The molecule has 0 spiro atoms. The molecule has 13 heavy (non-hydrogen) atoms. The largest absolute Gasteiger partial charge is 0.322 e. The summed E-state index contributed by atoms with van der Waals surface area (Å²) in [4.78, 5) is 16.1. The molecule has 0 amide bonds. The first kappa shape index (κ1) is 10.3. The number of nitrogens with two attached hydrogens (primary N) is 1. The van der Waals surface area contributed by atoms with Crippen LogP contribution in [0.2, 0.25) is 0 Å². The number of ketones is 1. The number of carbonyl (C=O) groups excluding carboxylic acids is 1.